The quantitative estimate of drug-likeness (QED) is 0.520. The van der Waals surface area contributed by atoms with Crippen molar-refractivity contribution < 1.29 is 0 Å². The summed E-state index contributed by atoms with van der Waals surface area (Å²) in [6.45, 7) is 3.07. The Morgan fingerprint density at radius 3 is 2.54 bits per heavy atom. The third-order valence-electron chi connectivity index (χ3n) is 4.50. The zero-order valence-corrected chi connectivity index (χ0v) is 13.9. The molecule has 0 saturated heterocycles. The highest BCUT2D eigenvalue weighted by Crippen LogP contribution is 2.26. The van der Waals surface area contributed by atoms with Crippen molar-refractivity contribution in [3.63, 3.8) is 0 Å². The van der Waals surface area contributed by atoms with Crippen LogP contribution in [0.1, 0.15) is 31.2 Å². The van der Waals surface area contributed by atoms with Crippen molar-refractivity contribution in [1.29, 1.82) is 0 Å². The van der Waals surface area contributed by atoms with Crippen LogP contribution < -0.4 is 0 Å². The lowest BCUT2D eigenvalue weighted by Crippen LogP contribution is -2.05. The van der Waals surface area contributed by atoms with Crippen LogP contribution in [0.2, 0.25) is 0 Å². The number of pyridine rings is 1. The van der Waals surface area contributed by atoms with Gasteiger partial charge in [0.15, 0.2) is 0 Å². The molecule has 2 aromatic carbocycles. The van der Waals surface area contributed by atoms with E-state index < -0.39 is 0 Å². The molecule has 0 N–H and O–H groups in total. The van der Waals surface area contributed by atoms with E-state index >= 15 is 0 Å². The monoisotopic (exact) mass is 315 g/mol. The molecular formula is C21H21N3. The Morgan fingerprint density at radius 1 is 0.917 bits per heavy atom. The standard InChI is InChI=1S/C21H21N3/c1-2-3-13-20-23-19-14-22-18-12-8-7-11-17(18)21(19)24(20)15-16-9-5-4-6-10-16/h4-12,14H,2-3,13,15H2,1H3. The number of imidazole rings is 1. The van der Waals surface area contributed by atoms with Gasteiger partial charge in [-0.1, -0.05) is 61.9 Å². The van der Waals surface area contributed by atoms with Gasteiger partial charge in [-0.25, -0.2) is 4.98 Å². The van der Waals surface area contributed by atoms with Gasteiger partial charge in [-0.15, -0.1) is 0 Å². The SMILES string of the molecule is CCCCc1nc2cnc3ccccc3c2n1Cc1ccccc1. The minimum absolute atomic E-state index is 0.852. The van der Waals surface area contributed by atoms with E-state index in [9.17, 15) is 0 Å². The maximum absolute atomic E-state index is 4.90. The first kappa shape index (κ1) is 14.9. The minimum atomic E-state index is 0.852. The summed E-state index contributed by atoms with van der Waals surface area (Å²) in [4.78, 5) is 9.47. The van der Waals surface area contributed by atoms with Crippen LogP contribution in [0.5, 0.6) is 0 Å². The highest BCUT2D eigenvalue weighted by atomic mass is 15.1. The molecule has 0 aliphatic rings. The summed E-state index contributed by atoms with van der Waals surface area (Å²) < 4.78 is 2.38. The molecule has 120 valence electrons. The van der Waals surface area contributed by atoms with Gasteiger partial charge < -0.3 is 4.57 Å². The van der Waals surface area contributed by atoms with Crippen LogP contribution in [0, 0.1) is 0 Å². The Labute approximate surface area is 142 Å². The van der Waals surface area contributed by atoms with E-state index in [1.165, 1.54) is 22.9 Å². The molecule has 0 aliphatic heterocycles. The lowest BCUT2D eigenvalue weighted by Gasteiger charge is -2.10. The summed E-state index contributed by atoms with van der Waals surface area (Å²) >= 11 is 0. The number of hydrogen-bond donors (Lipinski definition) is 0. The molecular weight excluding hydrogens is 294 g/mol. The first-order valence-corrected chi connectivity index (χ1v) is 8.63. The minimum Gasteiger partial charge on any atom is -0.323 e. The van der Waals surface area contributed by atoms with Crippen LogP contribution in [0.4, 0.5) is 0 Å². The fourth-order valence-electron chi connectivity index (χ4n) is 3.27. The zero-order valence-electron chi connectivity index (χ0n) is 13.9. The first-order valence-electron chi connectivity index (χ1n) is 8.63. The highest BCUT2D eigenvalue weighted by Gasteiger charge is 2.14. The van der Waals surface area contributed by atoms with Crippen LogP contribution in [-0.2, 0) is 13.0 Å². The van der Waals surface area contributed by atoms with Crippen molar-refractivity contribution in [3.8, 4) is 0 Å². The van der Waals surface area contributed by atoms with Gasteiger partial charge in [0.25, 0.3) is 0 Å². The van der Waals surface area contributed by atoms with Gasteiger partial charge >= 0.3 is 0 Å². The van der Waals surface area contributed by atoms with E-state index in [4.69, 9.17) is 4.98 Å². The lowest BCUT2D eigenvalue weighted by atomic mass is 10.1. The maximum atomic E-state index is 4.90. The van der Waals surface area contributed by atoms with Gasteiger partial charge in [0.05, 0.1) is 17.2 Å². The Bertz CT molecular complexity index is 970. The van der Waals surface area contributed by atoms with Crippen LogP contribution in [0.3, 0.4) is 0 Å². The van der Waals surface area contributed by atoms with E-state index in [-0.39, 0.29) is 0 Å². The van der Waals surface area contributed by atoms with Crippen molar-refractivity contribution in [1.82, 2.24) is 14.5 Å². The van der Waals surface area contributed by atoms with Gasteiger partial charge in [0.1, 0.15) is 11.3 Å². The molecule has 0 fully saturated rings. The van der Waals surface area contributed by atoms with Gasteiger partial charge in [-0.3, -0.25) is 4.98 Å². The predicted octanol–water partition coefficient (Wildman–Crippen LogP) is 4.98. The van der Waals surface area contributed by atoms with E-state index in [2.05, 4.69) is 65.0 Å². The first-order chi connectivity index (χ1) is 11.9. The molecule has 3 heteroatoms. The molecule has 4 aromatic rings. The fourth-order valence-corrected chi connectivity index (χ4v) is 3.27. The van der Waals surface area contributed by atoms with Crippen molar-refractivity contribution in [2.75, 3.05) is 0 Å². The van der Waals surface area contributed by atoms with E-state index in [1.54, 1.807) is 0 Å². The summed E-state index contributed by atoms with van der Waals surface area (Å²) in [6, 6.07) is 19.0. The van der Waals surface area contributed by atoms with Crippen molar-refractivity contribution in [2.24, 2.45) is 0 Å². The number of nitrogens with zero attached hydrogens (tertiary/aromatic N) is 3. The highest BCUT2D eigenvalue weighted by molar-refractivity contribution is 6.02. The second-order valence-corrected chi connectivity index (χ2v) is 6.21. The van der Waals surface area contributed by atoms with Crippen molar-refractivity contribution in [2.45, 2.75) is 32.7 Å². The molecule has 2 aromatic heterocycles. The predicted molar refractivity (Wildman–Crippen MR) is 99.2 cm³/mol. The van der Waals surface area contributed by atoms with Crippen molar-refractivity contribution >= 4 is 21.9 Å². The number of hydrogen-bond acceptors (Lipinski definition) is 2. The van der Waals surface area contributed by atoms with Gasteiger partial charge in [-0.05, 0) is 18.1 Å². The number of aryl methyl sites for hydroxylation is 1. The average Bonchev–Trinajstić information content (AvgIpc) is 2.99. The number of benzene rings is 2. The van der Waals surface area contributed by atoms with Gasteiger partial charge in [0.2, 0.25) is 0 Å². The number of unbranched alkanes of at least 4 members (excludes halogenated alkanes) is 1. The molecule has 0 saturated carbocycles. The summed E-state index contributed by atoms with van der Waals surface area (Å²) in [7, 11) is 0. The second-order valence-electron chi connectivity index (χ2n) is 6.21. The van der Waals surface area contributed by atoms with Crippen molar-refractivity contribution in [3.05, 3.63) is 72.2 Å². The Hall–Kier alpha value is -2.68. The van der Waals surface area contributed by atoms with Gasteiger partial charge in [-0.2, -0.15) is 0 Å². The van der Waals surface area contributed by atoms with E-state index in [0.717, 1.165) is 36.2 Å². The number of rotatable bonds is 5. The molecule has 0 radical (unpaired) electrons. The Balaban J connectivity index is 1.93. The molecule has 0 unspecified atom stereocenters. The Kier molecular flexibility index (Phi) is 3.99. The lowest BCUT2D eigenvalue weighted by molar-refractivity contribution is 0.690. The average molecular weight is 315 g/mol. The molecule has 0 atom stereocenters. The third kappa shape index (κ3) is 2.67. The summed E-state index contributed by atoms with van der Waals surface area (Å²) in [5.74, 6) is 1.16. The van der Waals surface area contributed by atoms with Crippen LogP contribution in [0.15, 0.2) is 60.8 Å². The molecule has 3 nitrogen and oxygen atoms in total. The second kappa shape index (κ2) is 6.44. The molecule has 24 heavy (non-hydrogen) atoms. The third-order valence-corrected chi connectivity index (χ3v) is 4.50. The molecule has 0 bridgehead atoms. The topological polar surface area (TPSA) is 30.7 Å². The molecule has 0 spiro atoms. The largest absolute Gasteiger partial charge is 0.323 e. The molecule has 0 aliphatic carbocycles. The summed E-state index contributed by atoms with van der Waals surface area (Å²) in [6.07, 6.45) is 5.25. The molecule has 0 amide bonds. The maximum Gasteiger partial charge on any atom is 0.110 e. The molecule has 2 heterocycles. The van der Waals surface area contributed by atoms with Crippen LogP contribution >= 0.6 is 0 Å². The zero-order chi connectivity index (χ0) is 16.4. The van der Waals surface area contributed by atoms with Crippen LogP contribution in [0.25, 0.3) is 21.9 Å². The Morgan fingerprint density at radius 2 is 1.71 bits per heavy atom. The normalized spacial score (nSPS) is 11.4. The number of para-hydroxylation sites is 1. The van der Waals surface area contributed by atoms with E-state index in [0.29, 0.717) is 0 Å². The van der Waals surface area contributed by atoms with Gasteiger partial charge in [0, 0.05) is 18.4 Å². The fraction of sp³-hybridized carbons (Fsp3) is 0.238. The van der Waals surface area contributed by atoms with Crippen LogP contribution in [-0.4, -0.2) is 14.5 Å². The van der Waals surface area contributed by atoms with E-state index in [1.807, 2.05) is 12.3 Å². The summed E-state index contributed by atoms with van der Waals surface area (Å²) in [5.41, 5.74) is 4.53. The summed E-state index contributed by atoms with van der Waals surface area (Å²) in [5, 5.41) is 1.18. The molecule has 4 rings (SSSR count). The number of aromatic nitrogens is 3. The number of fused-ring (bicyclic) bond motifs is 3. The smallest absolute Gasteiger partial charge is 0.110 e.